The number of nitrogens with zero attached hydrogens (tertiary/aromatic N) is 2. The molecular formula is C14H19N3. The van der Waals surface area contributed by atoms with Crippen LogP contribution in [0.4, 0.5) is 5.82 Å². The minimum Gasteiger partial charge on any atom is -0.384 e. The van der Waals surface area contributed by atoms with Crippen molar-refractivity contribution in [2.75, 3.05) is 5.73 Å². The monoisotopic (exact) mass is 229 g/mol. The van der Waals surface area contributed by atoms with Crippen LogP contribution in [0.5, 0.6) is 0 Å². The molecule has 4 aliphatic rings. The molecule has 1 aromatic rings. The van der Waals surface area contributed by atoms with Gasteiger partial charge < -0.3 is 5.73 Å². The number of hydrogen-bond acceptors (Lipinski definition) is 3. The van der Waals surface area contributed by atoms with Crippen molar-refractivity contribution in [3.63, 3.8) is 0 Å². The maximum atomic E-state index is 5.83. The van der Waals surface area contributed by atoms with Crippen LogP contribution in [-0.4, -0.2) is 9.97 Å². The average Bonchev–Trinajstić information content (AvgIpc) is 2.27. The smallest absolute Gasteiger partial charge is 0.136 e. The quantitative estimate of drug-likeness (QED) is 0.805. The average molecular weight is 229 g/mol. The fraction of sp³-hybridized carbons (Fsp3) is 0.714. The largest absolute Gasteiger partial charge is 0.384 e. The predicted octanol–water partition coefficient (Wildman–Crippen LogP) is 2.53. The topological polar surface area (TPSA) is 51.8 Å². The lowest BCUT2D eigenvalue weighted by Gasteiger charge is -2.55. The first-order valence-electron chi connectivity index (χ1n) is 6.82. The van der Waals surface area contributed by atoms with Crippen molar-refractivity contribution in [3.8, 4) is 0 Å². The fourth-order valence-electron chi connectivity index (χ4n) is 5.01. The first kappa shape index (κ1) is 9.86. The van der Waals surface area contributed by atoms with Crippen LogP contribution < -0.4 is 5.73 Å². The van der Waals surface area contributed by atoms with E-state index < -0.39 is 0 Å². The summed E-state index contributed by atoms with van der Waals surface area (Å²) in [6, 6.07) is 1.80. The Labute approximate surface area is 102 Å². The van der Waals surface area contributed by atoms with Gasteiger partial charge in [-0.25, -0.2) is 9.97 Å². The van der Waals surface area contributed by atoms with Gasteiger partial charge in [0.15, 0.2) is 0 Å². The molecule has 4 fully saturated rings. The van der Waals surface area contributed by atoms with Crippen molar-refractivity contribution < 1.29 is 0 Å². The molecular weight excluding hydrogens is 210 g/mol. The highest BCUT2D eigenvalue weighted by atomic mass is 15.0. The number of anilines is 1. The summed E-state index contributed by atoms with van der Waals surface area (Å²) in [4.78, 5) is 9.07. The number of nitrogens with two attached hydrogens (primary N) is 1. The van der Waals surface area contributed by atoms with Gasteiger partial charge in [0.2, 0.25) is 0 Å². The zero-order valence-corrected chi connectivity index (χ0v) is 10.1. The second-order valence-electron chi connectivity index (χ2n) is 6.50. The van der Waals surface area contributed by atoms with Crippen molar-refractivity contribution >= 4 is 5.82 Å². The molecule has 0 amide bonds. The molecule has 0 saturated heterocycles. The van der Waals surface area contributed by atoms with E-state index in [1.54, 1.807) is 6.07 Å². The van der Waals surface area contributed by atoms with Crippen molar-refractivity contribution in [2.24, 2.45) is 17.8 Å². The summed E-state index contributed by atoms with van der Waals surface area (Å²) in [5, 5.41) is 0. The standard InChI is InChI=1S/C14H19N3/c15-12-1-2-16-13(17-12)14-6-9-3-10(7-14)5-11(4-9)8-14/h1-2,9-11H,3-8H2,(H2,15,16,17). The summed E-state index contributed by atoms with van der Waals surface area (Å²) in [7, 11) is 0. The van der Waals surface area contributed by atoms with Gasteiger partial charge in [0, 0.05) is 11.6 Å². The van der Waals surface area contributed by atoms with E-state index in [1.165, 1.54) is 38.5 Å². The summed E-state index contributed by atoms with van der Waals surface area (Å²) >= 11 is 0. The summed E-state index contributed by atoms with van der Waals surface area (Å²) in [6.45, 7) is 0. The van der Waals surface area contributed by atoms with E-state index in [9.17, 15) is 0 Å². The van der Waals surface area contributed by atoms with Gasteiger partial charge in [0.05, 0.1) is 0 Å². The van der Waals surface area contributed by atoms with Crippen molar-refractivity contribution in [1.82, 2.24) is 9.97 Å². The molecule has 3 heteroatoms. The lowest BCUT2D eigenvalue weighted by atomic mass is 9.49. The zero-order valence-electron chi connectivity index (χ0n) is 10.1. The number of hydrogen-bond donors (Lipinski definition) is 1. The molecule has 1 aromatic heterocycles. The van der Waals surface area contributed by atoms with Gasteiger partial charge in [-0.05, 0) is 62.3 Å². The van der Waals surface area contributed by atoms with Gasteiger partial charge in [-0.2, -0.15) is 0 Å². The van der Waals surface area contributed by atoms with Gasteiger partial charge in [-0.3, -0.25) is 0 Å². The third-order valence-corrected chi connectivity index (χ3v) is 5.19. The van der Waals surface area contributed by atoms with Crippen LogP contribution >= 0.6 is 0 Å². The molecule has 0 atom stereocenters. The highest BCUT2D eigenvalue weighted by Gasteiger charge is 2.53. The van der Waals surface area contributed by atoms with E-state index >= 15 is 0 Å². The normalized spacial score (nSPS) is 42.9. The van der Waals surface area contributed by atoms with Crippen LogP contribution in [0.1, 0.15) is 44.3 Å². The molecule has 17 heavy (non-hydrogen) atoms. The fourth-order valence-corrected chi connectivity index (χ4v) is 5.01. The molecule has 0 aliphatic heterocycles. The summed E-state index contributed by atoms with van der Waals surface area (Å²) in [5.41, 5.74) is 6.11. The van der Waals surface area contributed by atoms with Crippen LogP contribution in [0, 0.1) is 17.8 Å². The molecule has 2 N–H and O–H groups in total. The van der Waals surface area contributed by atoms with E-state index in [1.807, 2.05) is 6.20 Å². The zero-order chi connectivity index (χ0) is 11.5. The molecule has 0 radical (unpaired) electrons. The van der Waals surface area contributed by atoms with Crippen LogP contribution in [-0.2, 0) is 5.41 Å². The molecule has 0 aromatic carbocycles. The Bertz CT molecular complexity index is 419. The Morgan fingerprint density at radius 3 is 2.18 bits per heavy atom. The minimum atomic E-state index is 0.282. The Balaban J connectivity index is 1.77. The second-order valence-corrected chi connectivity index (χ2v) is 6.50. The summed E-state index contributed by atoms with van der Waals surface area (Å²) < 4.78 is 0. The highest BCUT2D eigenvalue weighted by molar-refractivity contribution is 5.28. The van der Waals surface area contributed by atoms with Gasteiger partial charge in [0.25, 0.3) is 0 Å². The number of aromatic nitrogens is 2. The maximum Gasteiger partial charge on any atom is 0.136 e. The van der Waals surface area contributed by atoms with E-state index in [2.05, 4.69) is 9.97 Å². The molecule has 1 heterocycles. The maximum absolute atomic E-state index is 5.83. The summed E-state index contributed by atoms with van der Waals surface area (Å²) in [6.07, 6.45) is 10.1. The molecule has 0 spiro atoms. The van der Waals surface area contributed by atoms with Gasteiger partial charge in [-0.1, -0.05) is 0 Å². The van der Waals surface area contributed by atoms with Crippen LogP contribution in [0.15, 0.2) is 12.3 Å². The Hall–Kier alpha value is -1.12. The molecule has 4 aliphatic carbocycles. The van der Waals surface area contributed by atoms with E-state index in [0.717, 1.165) is 23.6 Å². The Morgan fingerprint density at radius 1 is 1.06 bits per heavy atom. The predicted molar refractivity (Wildman–Crippen MR) is 66.3 cm³/mol. The third kappa shape index (κ3) is 1.41. The minimum absolute atomic E-state index is 0.282. The van der Waals surface area contributed by atoms with E-state index in [-0.39, 0.29) is 5.41 Å². The molecule has 90 valence electrons. The van der Waals surface area contributed by atoms with Crippen molar-refractivity contribution in [1.29, 1.82) is 0 Å². The number of rotatable bonds is 1. The molecule has 3 nitrogen and oxygen atoms in total. The van der Waals surface area contributed by atoms with Crippen LogP contribution in [0.25, 0.3) is 0 Å². The molecule has 0 unspecified atom stereocenters. The van der Waals surface area contributed by atoms with E-state index in [4.69, 9.17) is 5.73 Å². The third-order valence-electron chi connectivity index (χ3n) is 5.19. The molecule has 4 saturated carbocycles. The Morgan fingerprint density at radius 2 is 1.65 bits per heavy atom. The Kier molecular flexibility index (Phi) is 1.86. The molecule has 5 rings (SSSR count). The number of nitrogen functional groups attached to an aromatic ring is 1. The molecule has 4 bridgehead atoms. The summed E-state index contributed by atoms with van der Waals surface area (Å²) in [5.74, 6) is 4.48. The lowest BCUT2D eigenvalue weighted by Crippen LogP contribution is -2.49. The highest BCUT2D eigenvalue weighted by Crippen LogP contribution is 2.60. The SMILES string of the molecule is Nc1ccnc(C23CC4CC(CC(C4)C2)C3)n1. The van der Waals surface area contributed by atoms with E-state index in [0.29, 0.717) is 5.82 Å². The second kappa shape index (κ2) is 3.21. The van der Waals surface area contributed by atoms with Crippen molar-refractivity contribution in [3.05, 3.63) is 18.1 Å². The van der Waals surface area contributed by atoms with Gasteiger partial charge in [0.1, 0.15) is 11.6 Å². The van der Waals surface area contributed by atoms with Crippen LogP contribution in [0.2, 0.25) is 0 Å². The van der Waals surface area contributed by atoms with Gasteiger partial charge in [-0.15, -0.1) is 0 Å². The lowest BCUT2D eigenvalue weighted by molar-refractivity contribution is -0.00933. The first-order chi connectivity index (χ1) is 8.23. The van der Waals surface area contributed by atoms with Crippen molar-refractivity contribution in [2.45, 2.75) is 43.9 Å². The first-order valence-corrected chi connectivity index (χ1v) is 6.82. The van der Waals surface area contributed by atoms with Crippen LogP contribution in [0.3, 0.4) is 0 Å². The van der Waals surface area contributed by atoms with Gasteiger partial charge >= 0.3 is 0 Å².